The van der Waals surface area contributed by atoms with Crippen LogP contribution in [-0.2, 0) is 9.59 Å². The molecule has 0 aliphatic heterocycles. The minimum atomic E-state index is -0.842. The van der Waals surface area contributed by atoms with E-state index in [9.17, 15) is 9.59 Å². The molecule has 13 heavy (non-hydrogen) atoms. The first-order valence-electron chi connectivity index (χ1n) is 4.15. The van der Waals surface area contributed by atoms with Crippen molar-refractivity contribution < 1.29 is 14.7 Å². The van der Waals surface area contributed by atoms with Gasteiger partial charge in [-0.15, -0.1) is 6.58 Å². The van der Waals surface area contributed by atoms with Crippen molar-refractivity contribution in [2.24, 2.45) is 5.92 Å². The van der Waals surface area contributed by atoms with Crippen LogP contribution < -0.4 is 5.32 Å². The minimum absolute atomic E-state index is 0.0359. The van der Waals surface area contributed by atoms with Gasteiger partial charge >= 0.3 is 5.97 Å². The van der Waals surface area contributed by atoms with Gasteiger partial charge in [0.05, 0.1) is 0 Å². The van der Waals surface area contributed by atoms with Crippen LogP contribution in [0.5, 0.6) is 0 Å². The van der Waals surface area contributed by atoms with Crippen molar-refractivity contribution in [3.05, 3.63) is 12.7 Å². The lowest BCUT2D eigenvalue weighted by atomic mass is 10.1. The second-order valence-electron chi connectivity index (χ2n) is 3.00. The molecule has 0 aliphatic rings. The van der Waals surface area contributed by atoms with Gasteiger partial charge in [-0.3, -0.25) is 9.59 Å². The van der Waals surface area contributed by atoms with Crippen molar-refractivity contribution in [1.82, 2.24) is 5.32 Å². The Morgan fingerprint density at radius 3 is 2.69 bits per heavy atom. The molecule has 0 aromatic heterocycles. The highest BCUT2D eigenvalue weighted by atomic mass is 16.4. The van der Waals surface area contributed by atoms with Crippen molar-refractivity contribution in [3.63, 3.8) is 0 Å². The number of hydrogen-bond acceptors (Lipinski definition) is 2. The summed E-state index contributed by atoms with van der Waals surface area (Å²) in [7, 11) is 0. The summed E-state index contributed by atoms with van der Waals surface area (Å²) in [5.41, 5.74) is 0. The van der Waals surface area contributed by atoms with Crippen LogP contribution in [0.4, 0.5) is 0 Å². The number of hydrogen-bond donors (Lipinski definition) is 2. The molecular weight excluding hydrogens is 170 g/mol. The monoisotopic (exact) mass is 185 g/mol. The fourth-order valence-electron chi connectivity index (χ4n) is 0.862. The molecule has 0 saturated heterocycles. The number of carbonyl (C=O) groups is 2. The normalized spacial score (nSPS) is 11.8. The molecule has 0 aromatic carbocycles. The molecule has 0 heterocycles. The number of carboxylic acid groups (broad SMARTS) is 1. The third-order valence-electron chi connectivity index (χ3n) is 1.50. The lowest BCUT2D eigenvalue weighted by Gasteiger charge is -2.08. The van der Waals surface area contributed by atoms with E-state index in [2.05, 4.69) is 11.9 Å². The first-order valence-corrected chi connectivity index (χ1v) is 4.15. The standard InChI is InChI=1S/C9H15NO3/c1-3-4-8(11)10-6-7(2)5-9(12)13/h3,7H,1,4-6H2,2H3,(H,10,11)(H,12,13). The van der Waals surface area contributed by atoms with E-state index >= 15 is 0 Å². The summed E-state index contributed by atoms with van der Waals surface area (Å²) in [6, 6.07) is 0. The van der Waals surface area contributed by atoms with Gasteiger partial charge in [-0.2, -0.15) is 0 Å². The Labute approximate surface area is 77.6 Å². The van der Waals surface area contributed by atoms with Crippen molar-refractivity contribution in [3.8, 4) is 0 Å². The zero-order valence-corrected chi connectivity index (χ0v) is 7.75. The SMILES string of the molecule is C=CCC(=O)NCC(C)CC(=O)O. The number of rotatable bonds is 6. The van der Waals surface area contributed by atoms with Gasteiger partial charge in [0.25, 0.3) is 0 Å². The second kappa shape index (κ2) is 6.22. The first-order chi connectivity index (χ1) is 6.06. The predicted octanol–water partition coefficient (Wildman–Crippen LogP) is 0.790. The molecule has 1 amide bonds. The maximum atomic E-state index is 10.9. The lowest BCUT2D eigenvalue weighted by Crippen LogP contribution is -2.28. The Morgan fingerprint density at radius 1 is 1.62 bits per heavy atom. The molecule has 4 nitrogen and oxygen atoms in total. The number of amides is 1. The quantitative estimate of drug-likeness (QED) is 0.601. The molecule has 74 valence electrons. The van der Waals surface area contributed by atoms with Gasteiger partial charge in [0.15, 0.2) is 0 Å². The maximum Gasteiger partial charge on any atom is 0.303 e. The molecule has 2 N–H and O–H groups in total. The van der Waals surface area contributed by atoms with Gasteiger partial charge < -0.3 is 10.4 Å². The van der Waals surface area contributed by atoms with Crippen LogP contribution >= 0.6 is 0 Å². The fraction of sp³-hybridized carbons (Fsp3) is 0.556. The number of aliphatic carboxylic acids is 1. The average molecular weight is 185 g/mol. The van der Waals surface area contributed by atoms with Gasteiger partial charge in [0.2, 0.25) is 5.91 Å². The minimum Gasteiger partial charge on any atom is -0.481 e. The Balaban J connectivity index is 3.56. The molecule has 1 atom stereocenters. The average Bonchev–Trinajstić information content (AvgIpc) is 2.00. The van der Waals surface area contributed by atoms with E-state index < -0.39 is 5.97 Å². The lowest BCUT2D eigenvalue weighted by molar-refractivity contribution is -0.138. The zero-order chi connectivity index (χ0) is 10.3. The topological polar surface area (TPSA) is 66.4 Å². The molecule has 0 saturated carbocycles. The summed E-state index contributed by atoms with van der Waals surface area (Å²) in [6.45, 7) is 5.60. The van der Waals surface area contributed by atoms with Crippen LogP contribution in [0.1, 0.15) is 19.8 Å². The predicted molar refractivity (Wildman–Crippen MR) is 49.2 cm³/mol. The second-order valence-corrected chi connectivity index (χ2v) is 3.00. The Hall–Kier alpha value is -1.32. The molecule has 0 fully saturated rings. The van der Waals surface area contributed by atoms with Crippen LogP contribution in [0.2, 0.25) is 0 Å². The zero-order valence-electron chi connectivity index (χ0n) is 7.75. The number of carboxylic acids is 1. The molecule has 0 rings (SSSR count). The smallest absolute Gasteiger partial charge is 0.303 e. The Morgan fingerprint density at radius 2 is 2.23 bits per heavy atom. The van der Waals surface area contributed by atoms with E-state index in [0.717, 1.165) is 0 Å². The fourth-order valence-corrected chi connectivity index (χ4v) is 0.862. The molecule has 0 aromatic rings. The first kappa shape index (κ1) is 11.7. The summed E-state index contributed by atoms with van der Waals surface area (Å²) in [4.78, 5) is 21.2. The van der Waals surface area contributed by atoms with Crippen LogP contribution in [-0.4, -0.2) is 23.5 Å². The van der Waals surface area contributed by atoms with Gasteiger partial charge in [0, 0.05) is 19.4 Å². The summed E-state index contributed by atoms with van der Waals surface area (Å²) in [5, 5.41) is 11.0. The summed E-state index contributed by atoms with van der Waals surface area (Å²) in [5.74, 6) is -0.996. The van der Waals surface area contributed by atoms with E-state index in [-0.39, 0.29) is 24.7 Å². The van der Waals surface area contributed by atoms with Crippen molar-refractivity contribution in [1.29, 1.82) is 0 Å². The van der Waals surface area contributed by atoms with Gasteiger partial charge in [-0.25, -0.2) is 0 Å². The van der Waals surface area contributed by atoms with E-state index in [4.69, 9.17) is 5.11 Å². The molecule has 0 spiro atoms. The number of nitrogens with one attached hydrogen (secondary N) is 1. The van der Waals surface area contributed by atoms with Gasteiger partial charge in [-0.1, -0.05) is 13.0 Å². The Kier molecular flexibility index (Phi) is 5.59. The molecule has 0 radical (unpaired) electrons. The highest BCUT2D eigenvalue weighted by Crippen LogP contribution is 1.99. The Bertz CT molecular complexity index is 201. The molecule has 0 aliphatic carbocycles. The molecule has 1 unspecified atom stereocenters. The highest BCUT2D eigenvalue weighted by molar-refractivity contribution is 5.77. The summed E-state index contributed by atoms with van der Waals surface area (Å²) < 4.78 is 0. The van der Waals surface area contributed by atoms with Gasteiger partial charge in [-0.05, 0) is 5.92 Å². The summed E-state index contributed by atoms with van der Waals surface area (Å²) in [6.07, 6.45) is 1.87. The van der Waals surface area contributed by atoms with Crippen LogP contribution in [0, 0.1) is 5.92 Å². The van der Waals surface area contributed by atoms with Crippen LogP contribution in [0.15, 0.2) is 12.7 Å². The molecule has 0 bridgehead atoms. The van der Waals surface area contributed by atoms with Crippen molar-refractivity contribution in [2.75, 3.05) is 6.54 Å². The van der Waals surface area contributed by atoms with Crippen molar-refractivity contribution in [2.45, 2.75) is 19.8 Å². The van der Waals surface area contributed by atoms with E-state index in [0.29, 0.717) is 6.54 Å². The van der Waals surface area contributed by atoms with E-state index in [1.165, 1.54) is 6.08 Å². The summed E-state index contributed by atoms with van der Waals surface area (Å²) >= 11 is 0. The maximum absolute atomic E-state index is 10.9. The third-order valence-corrected chi connectivity index (χ3v) is 1.50. The van der Waals surface area contributed by atoms with Crippen LogP contribution in [0.25, 0.3) is 0 Å². The third kappa shape index (κ3) is 7.05. The van der Waals surface area contributed by atoms with Gasteiger partial charge in [0.1, 0.15) is 0 Å². The largest absolute Gasteiger partial charge is 0.481 e. The van der Waals surface area contributed by atoms with E-state index in [1.54, 1.807) is 6.92 Å². The molecule has 4 heteroatoms. The highest BCUT2D eigenvalue weighted by Gasteiger charge is 2.08. The van der Waals surface area contributed by atoms with E-state index in [1.807, 2.05) is 0 Å². The molecular formula is C9H15NO3. The van der Waals surface area contributed by atoms with Crippen LogP contribution in [0.3, 0.4) is 0 Å². The number of carbonyl (C=O) groups excluding carboxylic acids is 1. The van der Waals surface area contributed by atoms with Crippen molar-refractivity contribution >= 4 is 11.9 Å².